The number of nitrogens with two attached hydrogens (primary N) is 5. The lowest BCUT2D eigenvalue weighted by atomic mass is 9.75. The number of aromatic nitrogens is 11. The zero-order valence-corrected chi connectivity index (χ0v) is 77.3. The molecule has 4 aliphatic heterocycles. The third-order valence-corrected chi connectivity index (χ3v) is 24.9. The number of carbonyl (C=O) groups is 2. The number of esters is 1. The number of ether oxygens (including phenoxy) is 2. The maximum Gasteiger partial charge on any atom is 0.307 e. The molecule has 7 atom stereocenters. The largest absolute Gasteiger partial charge is 0.497 e. The lowest BCUT2D eigenvalue weighted by Gasteiger charge is -2.33. The number of nitrogens with one attached hydrogen (secondary N) is 3. The second-order valence-corrected chi connectivity index (χ2v) is 36.8. The van der Waals surface area contributed by atoms with E-state index in [1.165, 1.54) is 36.8 Å². The van der Waals surface area contributed by atoms with Crippen LogP contribution in [0.15, 0.2) is 282 Å². The molecule has 2 aliphatic carbocycles. The van der Waals surface area contributed by atoms with Gasteiger partial charge in [-0.1, -0.05) is 194 Å². The molecule has 14 aromatic rings. The molecule has 3 fully saturated rings. The predicted molar refractivity (Wildman–Crippen MR) is 517 cm³/mol. The van der Waals surface area contributed by atoms with Crippen LogP contribution in [0.25, 0.3) is 22.6 Å². The van der Waals surface area contributed by atoms with Crippen LogP contribution in [0.3, 0.4) is 0 Å². The fraction of sp³-hybridized carbons (Fsp3) is 0.333. The molecular weight excluding hydrogens is 1700 g/mol. The number of methoxy groups -OCH3 is 2. The Bertz CT molecular complexity index is 6380. The highest BCUT2D eigenvalue weighted by Gasteiger charge is 2.43. The average molecular weight is 1820 g/mol. The first-order valence-corrected chi connectivity index (χ1v) is 45.9. The first kappa shape index (κ1) is 94.1. The van der Waals surface area contributed by atoms with Crippen molar-refractivity contribution < 1.29 is 41.1 Å². The Hall–Kier alpha value is -14.1. The van der Waals surface area contributed by atoms with Crippen molar-refractivity contribution >= 4 is 45.9 Å². The van der Waals surface area contributed by atoms with Crippen LogP contribution < -0.4 is 54.3 Å². The Morgan fingerprint density at radius 3 is 1.59 bits per heavy atom. The van der Waals surface area contributed by atoms with Gasteiger partial charge in [0.2, 0.25) is 64.8 Å². The van der Waals surface area contributed by atoms with Gasteiger partial charge in [-0.15, -0.1) is 51.0 Å². The molecule has 0 radical (unpaired) electrons. The van der Waals surface area contributed by atoms with Gasteiger partial charge in [0.25, 0.3) is 0 Å². The van der Waals surface area contributed by atoms with Gasteiger partial charge in [0, 0.05) is 77.4 Å². The number of piperidine rings is 2. The molecule has 1 saturated carbocycles. The van der Waals surface area contributed by atoms with E-state index in [1.807, 2.05) is 217 Å². The van der Waals surface area contributed by atoms with E-state index in [9.17, 15) is 9.59 Å². The normalized spacial score (nSPS) is 17.9. The van der Waals surface area contributed by atoms with Crippen molar-refractivity contribution in [1.82, 2.24) is 61.3 Å². The zero-order chi connectivity index (χ0) is 94.2. The summed E-state index contributed by atoms with van der Waals surface area (Å²) >= 11 is 0. The van der Waals surface area contributed by atoms with Crippen LogP contribution >= 0.6 is 0 Å². The van der Waals surface area contributed by atoms with Gasteiger partial charge in [0.05, 0.1) is 66.7 Å². The summed E-state index contributed by atoms with van der Waals surface area (Å²) in [7, 11) is 2.97. The minimum absolute atomic E-state index is 0.0574. The van der Waals surface area contributed by atoms with E-state index in [2.05, 4.69) is 159 Å². The van der Waals surface area contributed by atoms with Crippen molar-refractivity contribution in [1.29, 1.82) is 0 Å². The lowest BCUT2D eigenvalue weighted by molar-refractivity contribution is -0.140. The van der Waals surface area contributed by atoms with E-state index in [0.717, 1.165) is 119 Å². The van der Waals surface area contributed by atoms with Crippen molar-refractivity contribution in [3.05, 3.63) is 352 Å². The number of allylic oxidation sites excluding steroid dienone is 2. The highest BCUT2D eigenvalue weighted by Crippen LogP contribution is 2.49. The van der Waals surface area contributed by atoms with Gasteiger partial charge in [-0.2, -0.15) is 0 Å². The smallest absolute Gasteiger partial charge is 0.307 e. The lowest BCUT2D eigenvalue weighted by Crippen LogP contribution is -2.37. The van der Waals surface area contributed by atoms with Gasteiger partial charge in [-0.3, -0.25) is 14.6 Å². The molecule has 10 heterocycles. The number of pyridine rings is 1. The van der Waals surface area contributed by atoms with E-state index < -0.39 is 33.6 Å². The molecule has 13 N–H and O–H groups in total. The summed E-state index contributed by atoms with van der Waals surface area (Å²) in [6.45, 7) is 14.5. The molecule has 696 valence electrons. The van der Waals surface area contributed by atoms with E-state index in [1.54, 1.807) is 7.11 Å². The van der Waals surface area contributed by atoms with E-state index in [-0.39, 0.29) is 29.6 Å². The van der Waals surface area contributed by atoms with Crippen LogP contribution in [-0.2, 0) is 86.0 Å². The Balaban J connectivity index is 0.000000123. The minimum atomic E-state index is -0.800. The summed E-state index contributed by atoms with van der Waals surface area (Å²) < 4.78 is 39.7. The molecule has 20 rings (SSSR count). The van der Waals surface area contributed by atoms with Crippen LogP contribution in [0.1, 0.15) is 189 Å². The molecule has 6 aromatic heterocycles. The van der Waals surface area contributed by atoms with Crippen LogP contribution in [0.5, 0.6) is 5.75 Å². The van der Waals surface area contributed by atoms with Crippen molar-refractivity contribution in [2.75, 3.05) is 69.0 Å². The number of hydrogen-bond acceptors (Lipinski definition) is 29. The maximum atomic E-state index is 12.4. The molecule has 2 unspecified atom stereocenters. The van der Waals surface area contributed by atoms with Gasteiger partial charge >= 0.3 is 5.97 Å². The average Bonchev–Trinajstić information content (AvgIpc) is 1.58. The Morgan fingerprint density at radius 2 is 1.04 bits per heavy atom. The number of rotatable bonds is 28. The molecule has 30 nitrogen and oxygen atoms in total. The summed E-state index contributed by atoms with van der Waals surface area (Å²) in [6.07, 6.45) is 16.7. The van der Waals surface area contributed by atoms with Gasteiger partial charge < -0.3 is 81.1 Å². The number of aliphatic imine (C=N–C) groups is 1. The molecule has 6 aliphatic rings. The predicted octanol–water partition coefficient (Wildman–Crippen LogP) is 15.5. The molecule has 1 spiro atoms. The van der Waals surface area contributed by atoms with Crippen molar-refractivity contribution in [3.8, 4) is 17.2 Å². The second kappa shape index (κ2) is 42.0. The molecule has 2 saturated heterocycles. The van der Waals surface area contributed by atoms with Crippen molar-refractivity contribution in [3.63, 3.8) is 0 Å². The SMILES string of the molecule is COC(=O)CCNc1cccc(-c2nnc([C@](C)(N)Cc3ccccc3)o2)c1.COc1ccc2c(c1)C(Cc1nnc([C@](C)(N)Cc3ccccc3)o1)C(=O)N2.C[C@@](N)(Cc1ccccc1)c1nnc(C2=CC(C3CC3)=NC2)o1.C[C@@](N)(Cc1ccccc1)c1nnc(C2=CC3(CCNCC3)c3ccccc32)o1.C[C@@](N)(Cc1ccccc1)c1nnc(C2CCCN(c3ccccn3)C2)o1. The van der Waals surface area contributed by atoms with Crippen LogP contribution in [0.4, 0.5) is 17.2 Å². The topological polar surface area (TPSA) is 442 Å². The number of nitrogens with zero attached hydrogens (tertiary/aromatic N) is 13. The summed E-state index contributed by atoms with van der Waals surface area (Å²) in [4.78, 5) is 34.9. The number of hydrogen-bond donors (Lipinski definition) is 8. The fourth-order valence-electron chi connectivity index (χ4n) is 17.6. The molecule has 8 aromatic carbocycles. The van der Waals surface area contributed by atoms with Gasteiger partial charge in [-0.25, -0.2) is 4.98 Å². The Morgan fingerprint density at radius 1 is 0.526 bits per heavy atom. The van der Waals surface area contributed by atoms with E-state index in [0.29, 0.717) is 122 Å². The second-order valence-electron chi connectivity index (χ2n) is 36.8. The first-order valence-electron chi connectivity index (χ1n) is 45.9. The molecule has 135 heavy (non-hydrogen) atoms. The Labute approximate surface area is 785 Å². The fourth-order valence-corrected chi connectivity index (χ4v) is 17.6. The monoisotopic (exact) mass is 1820 g/mol. The molecular formula is C105H117N21O9. The molecule has 1 amide bonds. The third-order valence-electron chi connectivity index (χ3n) is 24.9. The summed E-state index contributed by atoms with van der Waals surface area (Å²) in [5.74, 6) is 6.53. The number of fused-ring (bicyclic) bond motifs is 3. The number of amides is 1. The van der Waals surface area contributed by atoms with Gasteiger partial charge in [0.1, 0.15) is 11.6 Å². The van der Waals surface area contributed by atoms with Crippen LogP contribution in [-0.4, -0.2) is 127 Å². The molecule has 0 bridgehead atoms. The summed E-state index contributed by atoms with van der Waals surface area (Å²) in [5, 5.41) is 51.8. The number of benzene rings is 8. The van der Waals surface area contributed by atoms with E-state index in [4.69, 9.17) is 55.5 Å². The standard InChI is InChI=1S/C24H26N4O.C21H25N5O.C21H22N4O3.C21H24N4O3.C18H20N4O/c1-23(25,15-17-7-3-2-4-8-17)22-28-27-21(29-22)19-16-24(11-13-26-14-12-24)20-10-6-5-9-18(19)20;1-21(22,14-16-8-3-2-4-9-16)20-25-24-19(27-20)17-10-7-13-26(15-17)18-11-5-6-12-23-18;1-21(22,12-13-6-4-3-5-7-13)20-25-24-18(28-20)11-16-15-10-14(27-2)8-9-17(15)23-19(16)26;1-21(22,14-15-7-4-3-5-8-15)20-25-24-19(28-20)16-9-6-10-17(13-16)23-12-11-18(26)27-2;1-18(19,10-12-5-3-2-4-6-12)17-22-21-16(23-17)14-9-15(20-11-14)13-7-8-13/h2-10,16,26H,11-15,25H2,1H3;2-6,8-9,11-12,17H,7,10,13-15,22H2,1H3;3-10,16H,11-12,22H2,1-2H3,(H,23,26);3-10,13,23H,11-12,14,22H2,1-2H3;2-6,9,13H,7-8,10-11,19H2,1H3/t23-;17?,21-;16?,21-;21-;18-/m11111/s1. The maximum absolute atomic E-state index is 12.4. The Kier molecular flexibility index (Phi) is 29.2. The number of anilines is 3. The van der Waals surface area contributed by atoms with Gasteiger partial charge in [-0.05, 0) is 217 Å². The molecule has 30 heteroatoms. The quantitative estimate of drug-likeness (QED) is 0.0211. The minimum Gasteiger partial charge on any atom is -0.497 e. The first-order chi connectivity index (χ1) is 65.2. The highest BCUT2D eigenvalue weighted by molar-refractivity contribution is 6.06. The van der Waals surface area contributed by atoms with Gasteiger partial charge in [0.15, 0.2) is 0 Å². The summed E-state index contributed by atoms with van der Waals surface area (Å²) in [5.41, 5.74) is 43.5. The van der Waals surface area contributed by atoms with Crippen molar-refractivity contribution in [2.45, 2.75) is 163 Å². The van der Waals surface area contributed by atoms with Crippen LogP contribution in [0.2, 0.25) is 0 Å². The number of carbonyl (C=O) groups excluding carboxylic acids is 2. The summed E-state index contributed by atoms with van der Waals surface area (Å²) in [6, 6.07) is 78.0. The van der Waals surface area contributed by atoms with E-state index >= 15 is 0 Å². The van der Waals surface area contributed by atoms with Crippen LogP contribution in [0, 0.1) is 5.92 Å². The van der Waals surface area contributed by atoms with Crippen molar-refractivity contribution in [2.24, 2.45) is 39.6 Å². The zero-order valence-electron chi connectivity index (χ0n) is 77.3. The highest BCUT2D eigenvalue weighted by atomic mass is 16.5. The third kappa shape index (κ3) is 23.7.